The van der Waals surface area contributed by atoms with Crippen LogP contribution < -0.4 is 15.5 Å². The molecule has 0 unspecified atom stereocenters. The third-order valence-corrected chi connectivity index (χ3v) is 5.79. The van der Waals surface area contributed by atoms with Gasteiger partial charge in [0, 0.05) is 30.4 Å². The maximum Gasteiger partial charge on any atom is 0.322 e. The van der Waals surface area contributed by atoms with Crippen molar-refractivity contribution in [2.45, 2.75) is 31.3 Å². The number of hydrogen-bond donors (Lipinski definition) is 3. The van der Waals surface area contributed by atoms with E-state index < -0.39 is 6.04 Å². The summed E-state index contributed by atoms with van der Waals surface area (Å²) in [6, 6.07) is 11.9. The number of nitrogens with zero attached hydrogens (tertiary/aromatic N) is 2. The van der Waals surface area contributed by atoms with Crippen LogP contribution in [0.5, 0.6) is 0 Å². The largest absolute Gasteiger partial charge is 0.394 e. The smallest absolute Gasteiger partial charge is 0.322 e. The number of fused-ring (bicyclic) bond motifs is 3. The zero-order chi connectivity index (χ0) is 21.3. The highest BCUT2D eigenvalue weighted by atomic mass is 19.1. The molecule has 0 radical (unpaired) electrons. The number of likely N-dealkylation sites (tertiary alicyclic amines) is 1. The monoisotopic (exact) mass is 412 g/mol. The van der Waals surface area contributed by atoms with Gasteiger partial charge in [-0.15, -0.1) is 0 Å². The van der Waals surface area contributed by atoms with Crippen LogP contribution in [0.15, 0.2) is 48.5 Å². The average Bonchev–Trinajstić information content (AvgIpc) is 2.74. The first-order valence-corrected chi connectivity index (χ1v) is 10.1. The summed E-state index contributed by atoms with van der Waals surface area (Å²) in [5, 5.41) is 15.7. The van der Waals surface area contributed by atoms with Crippen LogP contribution in [0.2, 0.25) is 0 Å². The molecule has 2 aromatic carbocycles. The number of halogens is 1. The summed E-state index contributed by atoms with van der Waals surface area (Å²) >= 11 is 0. The molecule has 0 aliphatic carbocycles. The molecule has 2 aliphatic heterocycles. The van der Waals surface area contributed by atoms with Crippen molar-refractivity contribution in [3.63, 3.8) is 0 Å². The van der Waals surface area contributed by atoms with Gasteiger partial charge in [0.25, 0.3) is 0 Å². The maximum atomic E-state index is 13.1. The van der Waals surface area contributed by atoms with Gasteiger partial charge in [0.05, 0.1) is 18.7 Å². The van der Waals surface area contributed by atoms with Gasteiger partial charge >= 0.3 is 12.1 Å². The maximum absolute atomic E-state index is 13.1. The van der Waals surface area contributed by atoms with Crippen LogP contribution in [-0.2, 0) is 0 Å². The Balaban J connectivity index is 1.59. The number of rotatable bonds is 4. The summed E-state index contributed by atoms with van der Waals surface area (Å²) in [5.74, 6) is -0.441. The van der Waals surface area contributed by atoms with Crippen LogP contribution in [0.1, 0.15) is 24.8 Å². The number of hydrogen-bond acceptors (Lipinski definition) is 3. The Kier molecular flexibility index (Phi) is 5.59. The van der Waals surface area contributed by atoms with Crippen molar-refractivity contribution in [3.8, 4) is 0 Å². The summed E-state index contributed by atoms with van der Waals surface area (Å²) in [6.45, 7) is 2.71. The second-order valence-corrected chi connectivity index (χ2v) is 7.59. The van der Waals surface area contributed by atoms with Gasteiger partial charge in [0.2, 0.25) is 0 Å². The normalized spacial score (nSPS) is 21.9. The Labute approximate surface area is 174 Å². The molecule has 4 amide bonds. The minimum atomic E-state index is -0.391. The van der Waals surface area contributed by atoms with Crippen LogP contribution in [0.25, 0.3) is 0 Å². The predicted molar refractivity (Wildman–Crippen MR) is 112 cm³/mol. The zero-order valence-corrected chi connectivity index (χ0v) is 16.7. The summed E-state index contributed by atoms with van der Waals surface area (Å²) in [5.41, 5.74) is 2.23. The Morgan fingerprint density at radius 3 is 2.57 bits per heavy atom. The molecular weight excluding hydrogens is 387 g/mol. The lowest BCUT2D eigenvalue weighted by Gasteiger charge is -2.58. The Bertz CT molecular complexity index is 936. The lowest BCUT2D eigenvalue weighted by atomic mass is 9.72. The summed E-state index contributed by atoms with van der Waals surface area (Å²) in [6.07, 6.45) is 0.825. The zero-order valence-electron chi connectivity index (χ0n) is 16.7. The van der Waals surface area contributed by atoms with Gasteiger partial charge in [-0.2, -0.15) is 0 Å². The fourth-order valence-electron chi connectivity index (χ4n) is 4.41. The number of carbonyl (C=O) groups excluding carboxylic acids is 2. The summed E-state index contributed by atoms with van der Waals surface area (Å²) in [4.78, 5) is 29.0. The molecule has 4 rings (SSSR count). The second-order valence-electron chi connectivity index (χ2n) is 7.59. The van der Waals surface area contributed by atoms with E-state index >= 15 is 0 Å². The van der Waals surface area contributed by atoms with Crippen LogP contribution in [0.4, 0.5) is 25.4 Å². The predicted octanol–water partition coefficient (Wildman–Crippen LogP) is 3.13. The van der Waals surface area contributed by atoms with Crippen molar-refractivity contribution < 1.29 is 19.1 Å². The van der Waals surface area contributed by atoms with Crippen LogP contribution in [-0.4, -0.2) is 53.8 Å². The number of urea groups is 2. The fourth-order valence-corrected chi connectivity index (χ4v) is 4.41. The number of benzene rings is 2. The molecule has 2 aliphatic rings. The molecule has 0 spiro atoms. The van der Waals surface area contributed by atoms with E-state index in [9.17, 15) is 19.1 Å². The number of aliphatic hydroxyl groups excluding tert-OH is 1. The van der Waals surface area contributed by atoms with E-state index in [4.69, 9.17) is 0 Å². The highest BCUT2D eigenvalue weighted by molar-refractivity contribution is 5.95. The SMILES string of the molecule is CCCNC(=O)N1C[C@H]2[C@@H](c3ccccc31)[C@@H](CO)N2C(=O)Nc1ccc(F)cc1. The van der Waals surface area contributed by atoms with Crippen LogP contribution in [0, 0.1) is 5.82 Å². The van der Waals surface area contributed by atoms with Crippen LogP contribution in [0.3, 0.4) is 0 Å². The van der Waals surface area contributed by atoms with Crippen molar-refractivity contribution in [2.75, 3.05) is 29.9 Å². The molecule has 0 bridgehead atoms. The Morgan fingerprint density at radius 1 is 1.13 bits per heavy atom. The Hall–Kier alpha value is -3.13. The van der Waals surface area contributed by atoms with E-state index in [0.29, 0.717) is 18.8 Å². The molecule has 8 heteroatoms. The molecule has 2 heterocycles. The number of carbonyl (C=O) groups is 2. The van der Waals surface area contributed by atoms with Gasteiger partial charge in [0.1, 0.15) is 5.82 Å². The molecule has 1 fully saturated rings. The minimum Gasteiger partial charge on any atom is -0.394 e. The standard InChI is InChI=1S/C22H25FN4O3/c1-2-11-24-21(29)26-12-18-20(16-5-3-4-6-17(16)26)19(13-28)27(18)22(30)25-15-9-7-14(23)8-10-15/h3-10,18-20,28H,2,11-13H2,1H3,(H,24,29)(H,25,30)/t18-,19+,20+/m0/s1. The van der Waals surface area contributed by atoms with E-state index in [1.165, 1.54) is 24.3 Å². The van der Waals surface area contributed by atoms with Crippen LogP contribution >= 0.6 is 0 Å². The van der Waals surface area contributed by atoms with Crippen molar-refractivity contribution in [3.05, 3.63) is 59.9 Å². The van der Waals surface area contributed by atoms with E-state index in [-0.39, 0.29) is 36.4 Å². The third-order valence-electron chi connectivity index (χ3n) is 5.79. The summed E-state index contributed by atoms with van der Waals surface area (Å²) < 4.78 is 13.1. The van der Waals surface area contributed by atoms with E-state index in [2.05, 4.69) is 10.6 Å². The lowest BCUT2D eigenvalue weighted by molar-refractivity contribution is -0.00195. The van der Waals surface area contributed by atoms with E-state index in [1.807, 2.05) is 31.2 Å². The first-order valence-electron chi connectivity index (χ1n) is 10.1. The van der Waals surface area contributed by atoms with Crippen molar-refractivity contribution in [1.82, 2.24) is 10.2 Å². The quantitative estimate of drug-likeness (QED) is 0.721. The van der Waals surface area contributed by atoms with Gasteiger partial charge in [-0.25, -0.2) is 14.0 Å². The van der Waals surface area contributed by atoms with Gasteiger partial charge in [0.15, 0.2) is 0 Å². The molecule has 0 saturated carbocycles. The number of anilines is 2. The molecule has 0 aromatic heterocycles. The number of aliphatic hydroxyl groups is 1. The van der Waals surface area contributed by atoms with Crippen molar-refractivity contribution >= 4 is 23.4 Å². The number of para-hydroxylation sites is 1. The lowest BCUT2D eigenvalue weighted by Crippen LogP contribution is -2.71. The Morgan fingerprint density at radius 2 is 1.87 bits per heavy atom. The van der Waals surface area contributed by atoms with Gasteiger partial charge in [-0.05, 0) is 42.3 Å². The minimum absolute atomic E-state index is 0.0552. The van der Waals surface area contributed by atoms with E-state index in [1.54, 1.807) is 9.80 Å². The molecule has 30 heavy (non-hydrogen) atoms. The first kappa shape index (κ1) is 20.2. The first-order chi connectivity index (χ1) is 14.5. The van der Waals surface area contributed by atoms with Gasteiger partial charge < -0.3 is 20.6 Å². The molecule has 3 atom stereocenters. The molecule has 158 valence electrons. The summed E-state index contributed by atoms with van der Waals surface area (Å²) in [7, 11) is 0. The van der Waals surface area contributed by atoms with Gasteiger partial charge in [-0.3, -0.25) is 4.90 Å². The number of amides is 4. The van der Waals surface area contributed by atoms with E-state index in [0.717, 1.165) is 17.7 Å². The van der Waals surface area contributed by atoms with Gasteiger partial charge in [-0.1, -0.05) is 25.1 Å². The van der Waals surface area contributed by atoms with Crippen molar-refractivity contribution in [2.24, 2.45) is 0 Å². The highest BCUT2D eigenvalue weighted by Crippen LogP contribution is 2.48. The second kappa shape index (κ2) is 8.31. The fraction of sp³-hybridized carbons (Fsp3) is 0.364. The topological polar surface area (TPSA) is 84.9 Å². The molecule has 7 nitrogen and oxygen atoms in total. The highest BCUT2D eigenvalue weighted by Gasteiger charge is 2.55. The molecule has 1 saturated heterocycles. The average molecular weight is 412 g/mol. The third kappa shape index (κ3) is 3.47. The molecule has 3 N–H and O–H groups in total. The van der Waals surface area contributed by atoms with Crippen molar-refractivity contribution in [1.29, 1.82) is 0 Å². The molecule has 2 aromatic rings. The number of nitrogens with one attached hydrogen (secondary N) is 2. The molecular formula is C22H25FN4O3.